The molecule has 0 radical (unpaired) electrons. The van der Waals surface area contributed by atoms with E-state index in [1.54, 1.807) is 24.3 Å². The maximum absolute atomic E-state index is 8.98. The third-order valence-corrected chi connectivity index (χ3v) is 3.66. The fraction of sp³-hybridized carbons (Fsp3) is 0.0833. The molecule has 94 valence electrons. The molecule has 18 heavy (non-hydrogen) atoms. The Kier molecular flexibility index (Phi) is 4.36. The first kappa shape index (κ1) is 13.9. The molecule has 0 saturated carbocycles. The van der Waals surface area contributed by atoms with Crippen LogP contribution in [0.4, 0.5) is 0 Å². The van der Waals surface area contributed by atoms with E-state index >= 15 is 0 Å². The molecule has 0 aliphatic carbocycles. The molecule has 6 heteroatoms. The van der Waals surface area contributed by atoms with Gasteiger partial charge >= 0.3 is 0 Å². The van der Waals surface area contributed by atoms with E-state index in [9.17, 15) is 0 Å². The Labute approximate surface area is 124 Å². The van der Waals surface area contributed by atoms with Crippen LogP contribution in [0.15, 0.2) is 24.3 Å². The van der Waals surface area contributed by atoms with E-state index < -0.39 is 0 Å². The van der Waals surface area contributed by atoms with Crippen molar-refractivity contribution in [2.45, 2.75) is 6.61 Å². The zero-order chi connectivity index (χ0) is 13.3. The van der Waals surface area contributed by atoms with Gasteiger partial charge in [0.1, 0.15) is 5.15 Å². The molecule has 0 bridgehead atoms. The van der Waals surface area contributed by atoms with E-state index in [1.807, 2.05) is 0 Å². The number of hydrogen-bond acceptors (Lipinski definition) is 2. The first-order valence-electron chi connectivity index (χ1n) is 4.94. The van der Waals surface area contributed by atoms with Gasteiger partial charge in [-0.25, -0.2) is 4.98 Å². The number of hydrogen-bond donors (Lipinski definition) is 1. The fourth-order valence-corrected chi connectivity index (χ4v) is 2.49. The number of rotatable bonds is 2. The van der Waals surface area contributed by atoms with Crippen molar-refractivity contribution < 1.29 is 5.11 Å². The maximum atomic E-state index is 8.98. The van der Waals surface area contributed by atoms with Gasteiger partial charge in [-0.1, -0.05) is 46.4 Å². The van der Waals surface area contributed by atoms with Gasteiger partial charge in [-0.05, 0) is 24.3 Å². The Bertz CT molecular complexity index is 601. The van der Waals surface area contributed by atoms with Gasteiger partial charge in [0, 0.05) is 16.1 Å². The quantitative estimate of drug-likeness (QED) is 0.633. The van der Waals surface area contributed by atoms with Crippen LogP contribution in [-0.4, -0.2) is 10.1 Å². The van der Waals surface area contributed by atoms with Gasteiger partial charge in [0.15, 0.2) is 0 Å². The van der Waals surface area contributed by atoms with Gasteiger partial charge in [0.2, 0.25) is 0 Å². The Morgan fingerprint density at radius 1 is 1.00 bits per heavy atom. The molecule has 0 amide bonds. The highest BCUT2D eigenvalue weighted by atomic mass is 35.5. The Hall–Kier alpha value is -0.510. The van der Waals surface area contributed by atoms with Crippen LogP contribution in [0.2, 0.25) is 20.2 Å². The largest absolute Gasteiger partial charge is 0.390 e. The lowest BCUT2D eigenvalue weighted by molar-refractivity contribution is 0.277. The van der Waals surface area contributed by atoms with Crippen LogP contribution in [0, 0.1) is 0 Å². The standard InChI is InChI=1S/C12H7Cl4NO/c13-6-3-9(11(15)10(14)4-6)8-2-1-7(5-18)17-12(8)16/h1-4,18H,5H2. The summed E-state index contributed by atoms with van der Waals surface area (Å²) in [6.07, 6.45) is 0. The number of pyridine rings is 1. The molecule has 0 aliphatic heterocycles. The van der Waals surface area contributed by atoms with Gasteiger partial charge < -0.3 is 5.11 Å². The molecule has 1 aromatic carbocycles. The van der Waals surface area contributed by atoms with Crippen molar-refractivity contribution in [2.24, 2.45) is 0 Å². The van der Waals surface area contributed by atoms with Gasteiger partial charge in [-0.3, -0.25) is 0 Å². The molecule has 0 aliphatic rings. The summed E-state index contributed by atoms with van der Waals surface area (Å²) in [4.78, 5) is 4.04. The molecular formula is C12H7Cl4NO. The number of aliphatic hydroxyl groups is 1. The summed E-state index contributed by atoms with van der Waals surface area (Å²) in [5.74, 6) is 0. The molecule has 2 rings (SSSR count). The molecule has 1 aromatic heterocycles. The van der Waals surface area contributed by atoms with E-state index in [4.69, 9.17) is 51.5 Å². The molecule has 0 spiro atoms. The third kappa shape index (κ3) is 2.73. The van der Waals surface area contributed by atoms with Gasteiger partial charge in [-0.2, -0.15) is 0 Å². The first-order valence-corrected chi connectivity index (χ1v) is 6.45. The topological polar surface area (TPSA) is 33.1 Å². The van der Waals surface area contributed by atoms with E-state index in [-0.39, 0.29) is 11.8 Å². The summed E-state index contributed by atoms with van der Waals surface area (Å²) in [6.45, 7) is -0.177. The van der Waals surface area contributed by atoms with Crippen molar-refractivity contribution in [2.75, 3.05) is 0 Å². The average molecular weight is 323 g/mol. The van der Waals surface area contributed by atoms with Crippen molar-refractivity contribution in [3.8, 4) is 11.1 Å². The van der Waals surface area contributed by atoms with Crippen LogP contribution in [0.5, 0.6) is 0 Å². The number of aromatic nitrogens is 1. The monoisotopic (exact) mass is 321 g/mol. The van der Waals surface area contributed by atoms with Crippen LogP contribution < -0.4 is 0 Å². The normalized spacial score (nSPS) is 10.7. The molecule has 0 unspecified atom stereocenters. The van der Waals surface area contributed by atoms with E-state index in [2.05, 4.69) is 4.98 Å². The van der Waals surface area contributed by atoms with Crippen molar-refractivity contribution in [3.63, 3.8) is 0 Å². The number of halogens is 4. The maximum Gasteiger partial charge on any atom is 0.137 e. The summed E-state index contributed by atoms with van der Waals surface area (Å²) >= 11 is 24.1. The summed E-state index contributed by atoms with van der Waals surface area (Å²) < 4.78 is 0. The van der Waals surface area contributed by atoms with Gasteiger partial charge in [0.25, 0.3) is 0 Å². The molecule has 1 N–H and O–H groups in total. The second kappa shape index (κ2) is 5.64. The second-order valence-electron chi connectivity index (χ2n) is 3.55. The minimum Gasteiger partial charge on any atom is -0.390 e. The van der Waals surface area contributed by atoms with Crippen molar-refractivity contribution >= 4 is 46.4 Å². The average Bonchev–Trinajstić information content (AvgIpc) is 2.34. The minimum atomic E-state index is -0.177. The third-order valence-electron chi connectivity index (χ3n) is 2.35. The zero-order valence-electron chi connectivity index (χ0n) is 8.92. The van der Waals surface area contributed by atoms with Crippen molar-refractivity contribution in [3.05, 3.63) is 50.2 Å². The SMILES string of the molecule is OCc1ccc(-c2cc(Cl)cc(Cl)c2Cl)c(Cl)n1. The molecule has 1 heterocycles. The van der Waals surface area contributed by atoms with E-state index in [0.29, 0.717) is 31.9 Å². The summed E-state index contributed by atoms with van der Waals surface area (Å²) in [6, 6.07) is 6.59. The summed E-state index contributed by atoms with van der Waals surface area (Å²) in [5, 5.41) is 10.4. The number of nitrogens with zero attached hydrogens (tertiary/aromatic N) is 1. The van der Waals surface area contributed by atoms with Gasteiger partial charge in [-0.15, -0.1) is 0 Å². The highest BCUT2D eigenvalue weighted by molar-refractivity contribution is 6.45. The summed E-state index contributed by atoms with van der Waals surface area (Å²) in [7, 11) is 0. The lowest BCUT2D eigenvalue weighted by atomic mass is 10.1. The van der Waals surface area contributed by atoms with Crippen molar-refractivity contribution in [1.82, 2.24) is 4.98 Å². The highest BCUT2D eigenvalue weighted by Crippen LogP contribution is 2.38. The fourth-order valence-electron chi connectivity index (χ4n) is 1.51. The minimum absolute atomic E-state index is 0.177. The Morgan fingerprint density at radius 2 is 1.72 bits per heavy atom. The van der Waals surface area contributed by atoms with Gasteiger partial charge in [0.05, 0.1) is 22.3 Å². The second-order valence-corrected chi connectivity index (χ2v) is 5.13. The highest BCUT2D eigenvalue weighted by Gasteiger charge is 2.13. The molecular weight excluding hydrogens is 316 g/mol. The van der Waals surface area contributed by atoms with E-state index in [1.165, 1.54) is 0 Å². The number of aliphatic hydroxyl groups excluding tert-OH is 1. The first-order chi connectivity index (χ1) is 8.52. The van der Waals surface area contributed by atoms with Crippen LogP contribution in [-0.2, 0) is 6.61 Å². The molecule has 0 atom stereocenters. The van der Waals surface area contributed by atoms with Crippen LogP contribution in [0.25, 0.3) is 11.1 Å². The van der Waals surface area contributed by atoms with Crippen LogP contribution in [0.3, 0.4) is 0 Å². The van der Waals surface area contributed by atoms with E-state index in [0.717, 1.165) is 0 Å². The van der Waals surface area contributed by atoms with Crippen LogP contribution in [0.1, 0.15) is 5.69 Å². The predicted molar refractivity (Wildman–Crippen MR) is 75.6 cm³/mol. The molecule has 0 saturated heterocycles. The smallest absolute Gasteiger partial charge is 0.137 e. The zero-order valence-corrected chi connectivity index (χ0v) is 11.9. The molecule has 0 fully saturated rings. The molecule has 2 aromatic rings. The van der Waals surface area contributed by atoms with Crippen molar-refractivity contribution in [1.29, 1.82) is 0 Å². The predicted octanol–water partition coefficient (Wildman–Crippen LogP) is 4.85. The Morgan fingerprint density at radius 3 is 2.33 bits per heavy atom. The lowest BCUT2D eigenvalue weighted by Crippen LogP contribution is -1.92. The van der Waals surface area contributed by atoms with Crippen LogP contribution >= 0.6 is 46.4 Å². The lowest BCUT2D eigenvalue weighted by Gasteiger charge is -2.09. The Balaban J connectivity index is 2.62. The molecule has 2 nitrogen and oxygen atoms in total. The number of benzene rings is 1. The summed E-state index contributed by atoms with van der Waals surface area (Å²) in [5.41, 5.74) is 1.70.